The van der Waals surface area contributed by atoms with Crippen LogP contribution >= 0.6 is 0 Å². The minimum absolute atomic E-state index is 0.0431. The summed E-state index contributed by atoms with van der Waals surface area (Å²) in [6, 6.07) is 5.86. The molecule has 1 aromatic heterocycles. The number of halogens is 1. The Bertz CT molecular complexity index is 667. The SMILES string of the molecule is COc1nc(C)cc(=O)n1Cc1ccc(N)cc1F. The maximum absolute atomic E-state index is 13.7. The smallest absolute Gasteiger partial charge is 0.299 e. The lowest BCUT2D eigenvalue weighted by Crippen LogP contribution is -2.23. The van der Waals surface area contributed by atoms with Gasteiger partial charge in [0.15, 0.2) is 0 Å². The molecule has 1 aromatic carbocycles. The molecule has 0 aliphatic rings. The van der Waals surface area contributed by atoms with Crippen molar-refractivity contribution in [1.29, 1.82) is 0 Å². The van der Waals surface area contributed by atoms with Crippen LogP contribution in [-0.4, -0.2) is 16.7 Å². The van der Waals surface area contributed by atoms with Gasteiger partial charge in [0.1, 0.15) is 5.82 Å². The molecule has 2 N–H and O–H groups in total. The van der Waals surface area contributed by atoms with Gasteiger partial charge in [-0.3, -0.25) is 9.36 Å². The molecule has 0 bridgehead atoms. The molecule has 2 aromatic rings. The molecule has 0 saturated carbocycles. The van der Waals surface area contributed by atoms with E-state index < -0.39 is 5.82 Å². The fraction of sp³-hybridized carbons (Fsp3) is 0.231. The zero-order valence-electron chi connectivity index (χ0n) is 10.7. The molecule has 0 saturated heterocycles. The molecule has 2 rings (SSSR count). The summed E-state index contributed by atoms with van der Waals surface area (Å²) in [5.74, 6) is -0.463. The fourth-order valence-electron chi connectivity index (χ4n) is 1.76. The Morgan fingerprint density at radius 3 is 2.79 bits per heavy atom. The summed E-state index contributed by atoms with van der Waals surface area (Å²) in [5.41, 5.74) is 6.42. The second-order valence-electron chi connectivity index (χ2n) is 4.16. The van der Waals surface area contributed by atoms with Gasteiger partial charge in [-0.15, -0.1) is 0 Å². The highest BCUT2D eigenvalue weighted by atomic mass is 19.1. The van der Waals surface area contributed by atoms with Gasteiger partial charge in [-0.2, -0.15) is 0 Å². The Balaban J connectivity index is 2.46. The van der Waals surface area contributed by atoms with Crippen LogP contribution < -0.4 is 16.0 Å². The van der Waals surface area contributed by atoms with E-state index in [-0.39, 0.29) is 18.1 Å². The summed E-state index contributed by atoms with van der Waals surface area (Å²) in [6.07, 6.45) is 0. The van der Waals surface area contributed by atoms with Crippen molar-refractivity contribution in [2.75, 3.05) is 12.8 Å². The second kappa shape index (κ2) is 5.09. The molecule has 0 aliphatic heterocycles. The van der Waals surface area contributed by atoms with E-state index in [0.717, 1.165) is 0 Å². The number of anilines is 1. The summed E-state index contributed by atoms with van der Waals surface area (Å²) < 4.78 is 20.0. The standard InChI is InChI=1S/C13H14FN3O2/c1-8-5-12(18)17(13(16-8)19-2)7-9-3-4-10(15)6-11(9)14/h3-6H,7,15H2,1-2H3. The minimum atomic E-state index is -0.463. The molecule has 100 valence electrons. The summed E-state index contributed by atoms with van der Waals surface area (Å²) in [4.78, 5) is 16.0. The monoisotopic (exact) mass is 263 g/mol. The Kier molecular flexibility index (Phi) is 3.50. The number of aryl methyl sites for hydroxylation is 1. The van der Waals surface area contributed by atoms with Crippen LogP contribution in [0.2, 0.25) is 0 Å². The van der Waals surface area contributed by atoms with Crippen LogP contribution in [0.25, 0.3) is 0 Å². The number of nitrogen functional groups attached to an aromatic ring is 1. The number of methoxy groups -OCH3 is 1. The molecular formula is C13H14FN3O2. The Morgan fingerprint density at radius 2 is 2.16 bits per heavy atom. The van der Waals surface area contributed by atoms with Crippen LogP contribution in [0.3, 0.4) is 0 Å². The van der Waals surface area contributed by atoms with E-state index in [9.17, 15) is 9.18 Å². The highest BCUT2D eigenvalue weighted by Gasteiger charge is 2.10. The molecule has 0 amide bonds. The first-order valence-corrected chi connectivity index (χ1v) is 5.67. The summed E-state index contributed by atoms with van der Waals surface area (Å²) >= 11 is 0. The van der Waals surface area contributed by atoms with Crippen molar-refractivity contribution in [2.45, 2.75) is 13.5 Å². The van der Waals surface area contributed by atoms with Crippen molar-refractivity contribution in [2.24, 2.45) is 0 Å². The van der Waals surface area contributed by atoms with Gasteiger partial charge in [0, 0.05) is 23.0 Å². The van der Waals surface area contributed by atoms with Crippen molar-refractivity contribution >= 4 is 5.69 Å². The average molecular weight is 263 g/mol. The summed E-state index contributed by atoms with van der Waals surface area (Å²) in [7, 11) is 1.41. The fourth-order valence-corrected chi connectivity index (χ4v) is 1.76. The molecule has 0 unspecified atom stereocenters. The molecule has 6 heteroatoms. The van der Waals surface area contributed by atoms with Gasteiger partial charge in [0.2, 0.25) is 0 Å². The van der Waals surface area contributed by atoms with Crippen molar-refractivity contribution in [3.63, 3.8) is 0 Å². The molecule has 0 radical (unpaired) electrons. The van der Waals surface area contributed by atoms with Gasteiger partial charge in [-0.1, -0.05) is 6.07 Å². The van der Waals surface area contributed by atoms with E-state index in [2.05, 4.69) is 4.98 Å². The minimum Gasteiger partial charge on any atom is -0.468 e. The molecule has 0 fully saturated rings. The molecule has 1 heterocycles. The van der Waals surface area contributed by atoms with Crippen LogP contribution in [0.1, 0.15) is 11.3 Å². The van der Waals surface area contributed by atoms with E-state index in [1.807, 2.05) is 0 Å². The third-order valence-electron chi connectivity index (χ3n) is 2.69. The molecule has 19 heavy (non-hydrogen) atoms. The lowest BCUT2D eigenvalue weighted by atomic mass is 10.2. The number of rotatable bonds is 3. The Morgan fingerprint density at radius 1 is 1.42 bits per heavy atom. The van der Waals surface area contributed by atoms with Crippen molar-refractivity contribution in [3.8, 4) is 6.01 Å². The maximum Gasteiger partial charge on any atom is 0.299 e. The van der Waals surface area contributed by atoms with Gasteiger partial charge in [-0.25, -0.2) is 9.37 Å². The number of ether oxygens (including phenoxy) is 1. The topological polar surface area (TPSA) is 70.1 Å². The zero-order valence-corrected chi connectivity index (χ0v) is 10.7. The third kappa shape index (κ3) is 2.73. The first kappa shape index (κ1) is 13.1. The number of benzene rings is 1. The lowest BCUT2D eigenvalue weighted by molar-refractivity contribution is 0.349. The Labute approximate surface area is 109 Å². The maximum atomic E-state index is 13.7. The second-order valence-corrected chi connectivity index (χ2v) is 4.16. The normalized spacial score (nSPS) is 10.5. The first-order valence-electron chi connectivity index (χ1n) is 5.67. The number of nitrogens with zero attached hydrogens (tertiary/aromatic N) is 2. The van der Waals surface area contributed by atoms with Gasteiger partial charge in [0.25, 0.3) is 11.6 Å². The van der Waals surface area contributed by atoms with Crippen molar-refractivity contribution < 1.29 is 9.13 Å². The third-order valence-corrected chi connectivity index (χ3v) is 2.69. The van der Waals surface area contributed by atoms with E-state index in [4.69, 9.17) is 10.5 Å². The molecule has 0 aliphatic carbocycles. The van der Waals surface area contributed by atoms with Crippen molar-refractivity contribution in [3.05, 3.63) is 51.7 Å². The number of hydrogen-bond acceptors (Lipinski definition) is 4. The molecule has 0 spiro atoms. The quantitative estimate of drug-likeness (QED) is 0.848. The van der Waals surface area contributed by atoms with Gasteiger partial charge < -0.3 is 10.5 Å². The van der Waals surface area contributed by atoms with Gasteiger partial charge >= 0.3 is 0 Å². The van der Waals surface area contributed by atoms with E-state index in [1.54, 1.807) is 13.0 Å². The predicted octanol–water partition coefficient (Wildman–Crippen LogP) is 1.33. The van der Waals surface area contributed by atoms with Crippen LogP contribution in [0.15, 0.2) is 29.1 Å². The highest BCUT2D eigenvalue weighted by Crippen LogP contribution is 2.15. The highest BCUT2D eigenvalue weighted by molar-refractivity contribution is 5.40. The lowest BCUT2D eigenvalue weighted by Gasteiger charge is -2.11. The first-order chi connectivity index (χ1) is 9.01. The van der Waals surface area contributed by atoms with Crippen LogP contribution in [0, 0.1) is 12.7 Å². The van der Waals surface area contributed by atoms with Crippen molar-refractivity contribution in [1.82, 2.24) is 9.55 Å². The summed E-state index contributed by atoms with van der Waals surface area (Å²) in [6.45, 7) is 1.74. The Hall–Kier alpha value is -2.37. The predicted molar refractivity (Wildman–Crippen MR) is 69.7 cm³/mol. The number of nitrogens with two attached hydrogens (primary N) is 1. The average Bonchev–Trinajstić information content (AvgIpc) is 2.34. The van der Waals surface area contributed by atoms with Crippen LogP contribution in [0.5, 0.6) is 6.01 Å². The number of hydrogen-bond donors (Lipinski definition) is 1. The summed E-state index contributed by atoms with van der Waals surface area (Å²) in [5, 5.41) is 0. The number of aromatic nitrogens is 2. The molecule has 5 nitrogen and oxygen atoms in total. The van der Waals surface area contributed by atoms with Gasteiger partial charge in [0.05, 0.1) is 13.7 Å². The van der Waals surface area contributed by atoms with Crippen LogP contribution in [0.4, 0.5) is 10.1 Å². The van der Waals surface area contributed by atoms with Gasteiger partial charge in [-0.05, 0) is 19.1 Å². The van der Waals surface area contributed by atoms with E-state index in [0.29, 0.717) is 16.9 Å². The largest absolute Gasteiger partial charge is 0.468 e. The molecular weight excluding hydrogens is 249 g/mol. The van der Waals surface area contributed by atoms with E-state index >= 15 is 0 Å². The van der Waals surface area contributed by atoms with Crippen LogP contribution in [-0.2, 0) is 6.54 Å². The van der Waals surface area contributed by atoms with E-state index in [1.165, 1.54) is 29.9 Å². The molecule has 0 atom stereocenters. The zero-order chi connectivity index (χ0) is 14.0.